The molecule has 0 heterocycles. The molecule has 0 radical (unpaired) electrons. The molecular formula is C12H20. The minimum absolute atomic E-state index is 0.821. The van der Waals surface area contributed by atoms with Crippen molar-refractivity contribution in [2.24, 2.45) is 11.8 Å². The summed E-state index contributed by atoms with van der Waals surface area (Å²) in [5.74, 6) is 1.67. The smallest absolute Gasteiger partial charge is 0.0136 e. The van der Waals surface area contributed by atoms with Gasteiger partial charge in [-0.15, -0.1) is 0 Å². The number of rotatable bonds is 1. The topological polar surface area (TPSA) is 0 Å². The van der Waals surface area contributed by atoms with Crippen LogP contribution in [0.2, 0.25) is 0 Å². The van der Waals surface area contributed by atoms with Gasteiger partial charge < -0.3 is 0 Å². The zero-order chi connectivity index (χ0) is 9.14. The van der Waals surface area contributed by atoms with E-state index >= 15 is 0 Å². The van der Waals surface area contributed by atoms with E-state index in [9.17, 15) is 0 Å². The molecule has 2 unspecified atom stereocenters. The first-order valence-electron chi connectivity index (χ1n) is 5.06. The normalized spacial score (nSPS) is 36.7. The number of hydrogen-bond donors (Lipinski definition) is 0. The van der Waals surface area contributed by atoms with Crippen LogP contribution in [0.5, 0.6) is 0 Å². The van der Waals surface area contributed by atoms with E-state index in [1.807, 2.05) is 0 Å². The lowest BCUT2D eigenvalue weighted by Gasteiger charge is -2.13. The van der Waals surface area contributed by atoms with Crippen molar-refractivity contribution in [1.82, 2.24) is 0 Å². The molecule has 0 saturated heterocycles. The third-order valence-electron chi connectivity index (χ3n) is 3.10. The molecule has 1 rings (SSSR count). The Balaban J connectivity index is 2.91. The van der Waals surface area contributed by atoms with Gasteiger partial charge in [-0.3, -0.25) is 0 Å². The van der Waals surface area contributed by atoms with Crippen LogP contribution in [0.4, 0.5) is 0 Å². The Morgan fingerprint density at radius 2 is 2.00 bits per heavy atom. The molecule has 1 aliphatic carbocycles. The van der Waals surface area contributed by atoms with E-state index in [4.69, 9.17) is 0 Å². The monoisotopic (exact) mass is 164 g/mol. The summed E-state index contributed by atoms with van der Waals surface area (Å²) in [6.07, 6.45) is 7.15. The summed E-state index contributed by atoms with van der Waals surface area (Å²) in [5.41, 5.74) is 3.18. The summed E-state index contributed by atoms with van der Waals surface area (Å²) in [6.45, 7) is 8.99. The van der Waals surface area contributed by atoms with Gasteiger partial charge in [0.05, 0.1) is 0 Å². The van der Waals surface area contributed by atoms with Crippen LogP contribution in [0.1, 0.15) is 40.5 Å². The summed E-state index contributed by atoms with van der Waals surface area (Å²) >= 11 is 0. The molecule has 12 heavy (non-hydrogen) atoms. The molecule has 0 bridgehead atoms. The highest BCUT2D eigenvalue weighted by Crippen LogP contribution is 2.41. The summed E-state index contributed by atoms with van der Waals surface area (Å²) in [6, 6.07) is 0. The van der Waals surface area contributed by atoms with Gasteiger partial charge in [0.25, 0.3) is 0 Å². The van der Waals surface area contributed by atoms with E-state index in [-0.39, 0.29) is 0 Å². The van der Waals surface area contributed by atoms with E-state index in [2.05, 4.69) is 39.8 Å². The Morgan fingerprint density at radius 1 is 1.33 bits per heavy atom. The van der Waals surface area contributed by atoms with E-state index in [0.29, 0.717) is 0 Å². The Bertz CT molecular complexity index is 208. The van der Waals surface area contributed by atoms with Crippen LogP contribution in [-0.4, -0.2) is 0 Å². The highest BCUT2D eigenvalue weighted by atomic mass is 14.3. The molecule has 68 valence electrons. The van der Waals surface area contributed by atoms with Gasteiger partial charge >= 0.3 is 0 Å². The molecule has 0 aliphatic heterocycles. The molecule has 0 N–H and O–H groups in total. The fourth-order valence-corrected chi connectivity index (χ4v) is 2.46. The summed E-state index contributed by atoms with van der Waals surface area (Å²) in [7, 11) is 0. The fraction of sp³-hybridized carbons (Fsp3) is 0.667. The van der Waals surface area contributed by atoms with Gasteiger partial charge in [-0.25, -0.2) is 0 Å². The Kier molecular flexibility index (Phi) is 3.13. The van der Waals surface area contributed by atoms with Crippen LogP contribution in [0, 0.1) is 11.8 Å². The molecule has 1 fully saturated rings. The third-order valence-corrected chi connectivity index (χ3v) is 3.10. The van der Waals surface area contributed by atoms with Crippen molar-refractivity contribution in [1.29, 1.82) is 0 Å². The number of allylic oxidation sites excluding steroid dienone is 4. The molecular weight excluding hydrogens is 144 g/mol. The molecule has 0 spiro atoms. The lowest BCUT2D eigenvalue weighted by molar-refractivity contribution is 0.449. The molecule has 2 atom stereocenters. The Hall–Kier alpha value is -0.520. The molecule has 1 aliphatic rings. The van der Waals surface area contributed by atoms with Gasteiger partial charge in [0, 0.05) is 0 Å². The van der Waals surface area contributed by atoms with Crippen molar-refractivity contribution in [3.05, 3.63) is 23.3 Å². The molecule has 1 saturated carbocycles. The highest BCUT2D eigenvalue weighted by molar-refractivity contribution is 5.37. The molecule has 0 nitrogen and oxygen atoms in total. The van der Waals surface area contributed by atoms with Crippen molar-refractivity contribution < 1.29 is 0 Å². The number of hydrogen-bond acceptors (Lipinski definition) is 0. The summed E-state index contributed by atoms with van der Waals surface area (Å²) in [5, 5.41) is 0. The average molecular weight is 164 g/mol. The minimum Gasteiger partial charge on any atom is -0.0842 e. The maximum atomic E-state index is 2.37. The fourth-order valence-electron chi connectivity index (χ4n) is 2.46. The molecule has 0 aromatic rings. The van der Waals surface area contributed by atoms with Gasteiger partial charge in [0.1, 0.15) is 0 Å². The van der Waals surface area contributed by atoms with Crippen molar-refractivity contribution in [3.8, 4) is 0 Å². The van der Waals surface area contributed by atoms with Crippen LogP contribution in [0.25, 0.3) is 0 Å². The first-order chi connectivity index (χ1) is 5.74. The van der Waals surface area contributed by atoms with Gasteiger partial charge in [-0.05, 0) is 49.7 Å². The van der Waals surface area contributed by atoms with Crippen molar-refractivity contribution in [2.75, 3.05) is 0 Å². The molecule has 0 amide bonds. The second-order valence-electron chi connectivity index (χ2n) is 3.75. The standard InChI is InChI=1S/C12H20/c1-5-10-8-9(4)11(6-2)12(10)7-3/h5,7,9,11H,6,8H2,1-4H3. The lowest BCUT2D eigenvalue weighted by Crippen LogP contribution is -2.03. The van der Waals surface area contributed by atoms with Crippen LogP contribution in [0.3, 0.4) is 0 Å². The van der Waals surface area contributed by atoms with Crippen LogP contribution < -0.4 is 0 Å². The zero-order valence-electron chi connectivity index (χ0n) is 8.72. The van der Waals surface area contributed by atoms with Gasteiger partial charge in [-0.1, -0.05) is 26.0 Å². The molecule has 0 heteroatoms. The SMILES string of the molecule is CC=C1CC(C)C(CC)C1=CC. The highest BCUT2D eigenvalue weighted by Gasteiger charge is 2.29. The van der Waals surface area contributed by atoms with Gasteiger partial charge in [-0.2, -0.15) is 0 Å². The zero-order valence-corrected chi connectivity index (χ0v) is 8.72. The molecule has 0 aromatic carbocycles. The summed E-state index contributed by atoms with van der Waals surface area (Å²) < 4.78 is 0. The third kappa shape index (κ3) is 1.48. The maximum absolute atomic E-state index is 2.37. The maximum Gasteiger partial charge on any atom is -0.0136 e. The van der Waals surface area contributed by atoms with E-state index in [1.54, 1.807) is 11.1 Å². The predicted molar refractivity (Wildman–Crippen MR) is 55.1 cm³/mol. The van der Waals surface area contributed by atoms with Crippen molar-refractivity contribution in [3.63, 3.8) is 0 Å². The van der Waals surface area contributed by atoms with Crippen LogP contribution in [0.15, 0.2) is 23.3 Å². The largest absolute Gasteiger partial charge is 0.0842 e. The Labute approximate surface area is 76.4 Å². The molecule has 0 aromatic heterocycles. The van der Waals surface area contributed by atoms with E-state index in [0.717, 1.165) is 11.8 Å². The van der Waals surface area contributed by atoms with Crippen molar-refractivity contribution >= 4 is 0 Å². The Morgan fingerprint density at radius 3 is 2.42 bits per heavy atom. The second-order valence-corrected chi connectivity index (χ2v) is 3.75. The van der Waals surface area contributed by atoms with Gasteiger partial charge in [0.2, 0.25) is 0 Å². The quantitative estimate of drug-likeness (QED) is 0.550. The minimum atomic E-state index is 0.821. The van der Waals surface area contributed by atoms with Gasteiger partial charge in [0.15, 0.2) is 0 Å². The van der Waals surface area contributed by atoms with E-state index in [1.165, 1.54) is 12.8 Å². The van der Waals surface area contributed by atoms with Crippen molar-refractivity contribution in [2.45, 2.75) is 40.5 Å². The van der Waals surface area contributed by atoms with Crippen LogP contribution in [-0.2, 0) is 0 Å². The predicted octanol–water partition coefficient (Wildman–Crippen LogP) is 3.95. The first kappa shape index (κ1) is 9.57. The summed E-state index contributed by atoms with van der Waals surface area (Å²) in [4.78, 5) is 0. The van der Waals surface area contributed by atoms with Crippen LogP contribution >= 0.6 is 0 Å². The average Bonchev–Trinajstić information content (AvgIpc) is 2.40. The van der Waals surface area contributed by atoms with E-state index < -0.39 is 0 Å². The second kappa shape index (κ2) is 3.93. The first-order valence-corrected chi connectivity index (χ1v) is 5.06. The lowest BCUT2D eigenvalue weighted by atomic mass is 9.92.